The van der Waals surface area contributed by atoms with Gasteiger partial charge in [-0.25, -0.2) is 0 Å². The van der Waals surface area contributed by atoms with Crippen LogP contribution in [0.25, 0.3) is 0 Å². The molecule has 0 aromatic rings. The zero-order chi connectivity index (χ0) is 12.0. The average Bonchev–Trinajstić information content (AvgIpc) is 2.53. The lowest BCUT2D eigenvalue weighted by Gasteiger charge is -2.28. The largest absolute Gasteiger partial charge is 0.312 e. The van der Waals surface area contributed by atoms with Crippen LogP contribution >= 0.6 is 11.6 Å². The van der Waals surface area contributed by atoms with Crippen molar-refractivity contribution in [1.82, 2.24) is 10.2 Å². The Hall–Kier alpha value is -0.0500. The van der Waals surface area contributed by atoms with Gasteiger partial charge in [-0.05, 0) is 37.9 Å². The number of hydrogen-bond acceptors (Lipinski definition) is 2. The van der Waals surface area contributed by atoms with Gasteiger partial charge in [0, 0.05) is 24.7 Å². The predicted octanol–water partition coefficient (Wildman–Crippen LogP) is 2.84. The van der Waals surface area contributed by atoms with E-state index in [1.54, 1.807) is 5.54 Å². The molecule has 0 saturated carbocycles. The van der Waals surface area contributed by atoms with E-state index >= 15 is 0 Å². The standard InChI is InChI=1S/C13H25ClN2/c1-4-12(3)13-10-16(7-5-6-15-13)9-11(2)8-14/h8,12-13,15H,4-7,9-10H2,1-3H3. The molecule has 1 fully saturated rings. The van der Waals surface area contributed by atoms with Gasteiger partial charge < -0.3 is 5.32 Å². The third kappa shape index (κ3) is 4.44. The molecular weight excluding hydrogens is 220 g/mol. The zero-order valence-corrected chi connectivity index (χ0v) is 11.6. The van der Waals surface area contributed by atoms with Gasteiger partial charge in [-0.3, -0.25) is 4.90 Å². The molecule has 0 aromatic heterocycles. The molecular formula is C13H25ClN2. The maximum Gasteiger partial charge on any atom is 0.0220 e. The minimum atomic E-state index is 0.635. The van der Waals surface area contributed by atoms with Crippen molar-refractivity contribution >= 4 is 11.6 Å². The van der Waals surface area contributed by atoms with Crippen molar-refractivity contribution in [3.8, 4) is 0 Å². The molecule has 1 aliphatic rings. The van der Waals surface area contributed by atoms with Crippen molar-refractivity contribution in [2.24, 2.45) is 5.92 Å². The number of nitrogens with zero attached hydrogens (tertiary/aromatic N) is 1. The maximum absolute atomic E-state index is 5.73. The molecule has 0 aromatic carbocycles. The molecule has 0 bridgehead atoms. The van der Waals surface area contributed by atoms with Crippen molar-refractivity contribution in [2.45, 2.75) is 39.7 Å². The second-order valence-corrected chi connectivity index (χ2v) is 5.21. The van der Waals surface area contributed by atoms with Crippen molar-refractivity contribution in [3.05, 3.63) is 11.1 Å². The summed E-state index contributed by atoms with van der Waals surface area (Å²) in [6.07, 6.45) is 2.48. The highest BCUT2D eigenvalue weighted by atomic mass is 35.5. The molecule has 2 nitrogen and oxygen atoms in total. The topological polar surface area (TPSA) is 15.3 Å². The average molecular weight is 245 g/mol. The molecule has 1 heterocycles. The SMILES string of the molecule is CCC(C)C1CN(CC(C)=CCl)CCCN1. The quantitative estimate of drug-likeness (QED) is 0.818. The van der Waals surface area contributed by atoms with E-state index in [1.807, 2.05) is 0 Å². The summed E-state index contributed by atoms with van der Waals surface area (Å²) in [7, 11) is 0. The Morgan fingerprint density at radius 1 is 1.62 bits per heavy atom. The minimum Gasteiger partial charge on any atom is -0.312 e. The van der Waals surface area contributed by atoms with E-state index in [0.29, 0.717) is 6.04 Å². The van der Waals surface area contributed by atoms with Crippen LogP contribution in [0.15, 0.2) is 11.1 Å². The van der Waals surface area contributed by atoms with E-state index < -0.39 is 0 Å². The summed E-state index contributed by atoms with van der Waals surface area (Å²) in [5.41, 5.74) is 2.96. The van der Waals surface area contributed by atoms with Crippen LogP contribution < -0.4 is 5.32 Å². The van der Waals surface area contributed by atoms with E-state index in [9.17, 15) is 0 Å². The first-order chi connectivity index (χ1) is 7.67. The van der Waals surface area contributed by atoms with Crippen LogP contribution in [0.5, 0.6) is 0 Å². The third-order valence-electron chi connectivity index (χ3n) is 3.50. The minimum absolute atomic E-state index is 0.635. The van der Waals surface area contributed by atoms with Crippen LogP contribution in [0.2, 0.25) is 0 Å². The lowest BCUT2D eigenvalue weighted by Crippen LogP contribution is -2.42. The van der Waals surface area contributed by atoms with Gasteiger partial charge in [-0.2, -0.15) is 0 Å². The smallest absolute Gasteiger partial charge is 0.0220 e. The van der Waals surface area contributed by atoms with Crippen molar-refractivity contribution in [1.29, 1.82) is 0 Å². The molecule has 16 heavy (non-hydrogen) atoms. The number of rotatable bonds is 4. The van der Waals surface area contributed by atoms with Gasteiger partial charge in [0.25, 0.3) is 0 Å². The van der Waals surface area contributed by atoms with Crippen LogP contribution in [-0.4, -0.2) is 37.1 Å². The molecule has 1 N–H and O–H groups in total. The summed E-state index contributed by atoms with van der Waals surface area (Å²) < 4.78 is 0. The van der Waals surface area contributed by atoms with Gasteiger partial charge in [-0.1, -0.05) is 31.9 Å². The first-order valence-electron chi connectivity index (χ1n) is 6.39. The Morgan fingerprint density at radius 2 is 2.38 bits per heavy atom. The third-order valence-corrected chi connectivity index (χ3v) is 3.88. The summed E-state index contributed by atoms with van der Waals surface area (Å²) in [6, 6.07) is 0.635. The summed E-state index contributed by atoms with van der Waals surface area (Å²) >= 11 is 5.73. The summed E-state index contributed by atoms with van der Waals surface area (Å²) in [5.74, 6) is 0.751. The van der Waals surface area contributed by atoms with Crippen LogP contribution in [-0.2, 0) is 0 Å². The molecule has 1 rings (SSSR count). The normalized spacial score (nSPS) is 26.5. The zero-order valence-electron chi connectivity index (χ0n) is 10.8. The molecule has 2 atom stereocenters. The molecule has 2 unspecified atom stereocenters. The highest BCUT2D eigenvalue weighted by molar-refractivity contribution is 6.25. The molecule has 0 radical (unpaired) electrons. The van der Waals surface area contributed by atoms with Gasteiger partial charge in [-0.15, -0.1) is 0 Å². The van der Waals surface area contributed by atoms with Gasteiger partial charge in [0.2, 0.25) is 0 Å². The van der Waals surface area contributed by atoms with Crippen molar-refractivity contribution in [2.75, 3.05) is 26.2 Å². The van der Waals surface area contributed by atoms with Crippen LogP contribution in [0.4, 0.5) is 0 Å². The Bertz CT molecular complexity index is 228. The van der Waals surface area contributed by atoms with Gasteiger partial charge in [0.15, 0.2) is 0 Å². The summed E-state index contributed by atoms with van der Waals surface area (Å²) in [5, 5.41) is 3.66. The lowest BCUT2D eigenvalue weighted by molar-refractivity contribution is 0.253. The Balaban J connectivity index is 2.51. The van der Waals surface area contributed by atoms with Crippen LogP contribution in [0.3, 0.4) is 0 Å². The fraction of sp³-hybridized carbons (Fsp3) is 0.846. The second kappa shape index (κ2) is 7.31. The number of halogens is 1. The van der Waals surface area contributed by atoms with E-state index in [0.717, 1.165) is 25.6 Å². The first kappa shape index (κ1) is 14.0. The van der Waals surface area contributed by atoms with E-state index in [4.69, 9.17) is 11.6 Å². The summed E-state index contributed by atoms with van der Waals surface area (Å²) in [6.45, 7) is 11.2. The van der Waals surface area contributed by atoms with Gasteiger partial charge in [0.1, 0.15) is 0 Å². The molecule has 3 heteroatoms. The molecule has 0 aliphatic carbocycles. The van der Waals surface area contributed by atoms with E-state index in [2.05, 4.69) is 31.0 Å². The molecule has 1 aliphatic heterocycles. The Morgan fingerprint density at radius 3 is 3.00 bits per heavy atom. The maximum atomic E-state index is 5.73. The molecule has 1 saturated heterocycles. The fourth-order valence-corrected chi connectivity index (χ4v) is 2.29. The second-order valence-electron chi connectivity index (χ2n) is 4.99. The lowest BCUT2D eigenvalue weighted by atomic mass is 9.99. The van der Waals surface area contributed by atoms with Gasteiger partial charge >= 0.3 is 0 Å². The van der Waals surface area contributed by atoms with Crippen LogP contribution in [0, 0.1) is 5.92 Å². The van der Waals surface area contributed by atoms with E-state index in [-0.39, 0.29) is 0 Å². The van der Waals surface area contributed by atoms with Crippen LogP contribution in [0.1, 0.15) is 33.6 Å². The summed E-state index contributed by atoms with van der Waals surface area (Å²) in [4.78, 5) is 2.52. The van der Waals surface area contributed by atoms with Gasteiger partial charge in [0.05, 0.1) is 0 Å². The Kier molecular flexibility index (Phi) is 6.40. The molecule has 0 amide bonds. The van der Waals surface area contributed by atoms with E-state index in [1.165, 1.54) is 25.0 Å². The monoisotopic (exact) mass is 244 g/mol. The Labute approximate surface area is 105 Å². The molecule has 94 valence electrons. The number of hydrogen-bond donors (Lipinski definition) is 1. The fourth-order valence-electron chi connectivity index (χ4n) is 2.22. The molecule has 0 spiro atoms. The van der Waals surface area contributed by atoms with Crippen molar-refractivity contribution in [3.63, 3.8) is 0 Å². The first-order valence-corrected chi connectivity index (χ1v) is 6.82. The van der Waals surface area contributed by atoms with Crippen molar-refractivity contribution < 1.29 is 0 Å². The number of nitrogens with one attached hydrogen (secondary N) is 1. The highest BCUT2D eigenvalue weighted by Gasteiger charge is 2.21. The predicted molar refractivity (Wildman–Crippen MR) is 71.9 cm³/mol. The highest BCUT2D eigenvalue weighted by Crippen LogP contribution is 2.13.